The third kappa shape index (κ3) is 4.94. The fourth-order valence-corrected chi connectivity index (χ4v) is 3.13. The summed E-state index contributed by atoms with van der Waals surface area (Å²) in [5, 5.41) is 6.32. The van der Waals surface area contributed by atoms with Crippen LogP contribution >= 0.6 is 0 Å². The van der Waals surface area contributed by atoms with Gasteiger partial charge in [-0.25, -0.2) is 9.97 Å². The summed E-state index contributed by atoms with van der Waals surface area (Å²) in [6.45, 7) is 6.61. The minimum Gasteiger partial charge on any atom is -0.370 e. The van der Waals surface area contributed by atoms with Crippen LogP contribution in [0.3, 0.4) is 0 Å². The highest BCUT2D eigenvalue weighted by molar-refractivity contribution is 6.04. The number of benzene rings is 2. The Bertz CT molecular complexity index is 954. The average molecular weight is 374 g/mol. The van der Waals surface area contributed by atoms with Crippen LogP contribution in [0.15, 0.2) is 54.6 Å². The first-order chi connectivity index (χ1) is 13.6. The molecule has 0 spiro atoms. The van der Waals surface area contributed by atoms with Gasteiger partial charge < -0.3 is 10.6 Å². The Morgan fingerprint density at radius 3 is 2.54 bits per heavy atom. The normalized spacial score (nSPS) is 10.5. The van der Waals surface area contributed by atoms with Crippen LogP contribution in [-0.2, 0) is 12.8 Å². The van der Waals surface area contributed by atoms with E-state index in [1.165, 1.54) is 5.56 Å². The molecule has 3 rings (SSSR count). The molecule has 1 aromatic heterocycles. The number of rotatable bonds is 7. The van der Waals surface area contributed by atoms with Gasteiger partial charge in [0.05, 0.1) is 0 Å². The Morgan fingerprint density at radius 1 is 1.00 bits per heavy atom. The Morgan fingerprint density at radius 2 is 1.79 bits per heavy atom. The zero-order valence-corrected chi connectivity index (χ0v) is 16.6. The number of carbonyl (C=O) groups excluding carboxylic acids is 1. The van der Waals surface area contributed by atoms with Crippen molar-refractivity contribution in [2.24, 2.45) is 0 Å². The number of amides is 1. The average Bonchev–Trinajstić information content (AvgIpc) is 2.70. The highest BCUT2D eigenvalue weighted by Gasteiger charge is 2.14. The van der Waals surface area contributed by atoms with Gasteiger partial charge in [-0.3, -0.25) is 4.79 Å². The number of hydrogen-bond acceptors (Lipinski definition) is 4. The zero-order valence-electron chi connectivity index (χ0n) is 16.6. The van der Waals surface area contributed by atoms with Crippen LogP contribution in [0.5, 0.6) is 0 Å². The van der Waals surface area contributed by atoms with Gasteiger partial charge in [-0.2, -0.15) is 0 Å². The summed E-state index contributed by atoms with van der Waals surface area (Å²) in [6.07, 6.45) is 1.74. The van der Waals surface area contributed by atoms with Crippen LogP contribution in [0.2, 0.25) is 0 Å². The van der Waals surface area contributed by atoms with E-state index in [9.17, 15) is 4.79 Å². The Balaban J connectivity index is 1.71. The van der Waals surface area contributed by atoms with Gasteiger partial charge >= 0.3 is 0 Å². The van der Waals surface area contributed by atoms with Crippen molar-refractivity contribution in [2.75, 3.05) is 17.2 Å². The molecular formula is C23H26N4O. The van der Waals surface area contributed by atoms with Gasteiger partial charge in [0.25, 0.3) is 5.91 Å². The van der Waals surface area contributed by atoms with E-state index in [4.69, 9.17) is 0 Å². The minimum atomic E-state index is -0.222. The van der Waals surface area contributed by atoms with Gasteiger partial charge in [0.15, 0.2) is 0 Å². The number of aromatic nitrogens is 2. The number of para-hydroxylation sites is 1. The molecule has 0 fully saturated rings. The summed E-state index contributed by atoms with van der Waals surface area (Å²) >= 11 is 0. The van der Waals surface area contributed by atoms with Crippen molar-refractivity contribution in [3.05, 3.63) is 82.8 Å². The molecule has 0 aliphatic carbocycles. The van der Waals surface area contributed by atoms with E-state index in [1.54, 1.807) is 13.0 Å². The molecule has 5 heteroatoms. The molecule has 3 aromatic rings. The summed E-state index contributed by atoms with van der Waals surface area (Å²) in [7, 11) is 0. The second kappa shape index (κ2) is 9.13. The third-order valence-electron chi connectivity index (χ3n) is 4.61. The molecule has 0 atom stereocenters. The molecule has 5 nitrogen and oxygen atoms in total. The van der Waals surface area contributed by atoms with Crippen molar-refractivity contribution < 1.29 is 4.79 Å². The summed E-state index contributed by atoms with van der Waals surface area (Å²) in [5.41, 5.74) is 4.63. The number of aryl methyl sites for hydroxylation is 3. The predicted octanol–water partition coefficient (Wildman–Crippen LogP) is 4.56. The molecule has 0 bridgehead atoms. The molecule has 2 N–H and O–H groups in total. The van der Waals surface area contributed by atoms with Crippen molar-refractivity contribution in [2.45, 2.75) is 33.6 Å². The maximum absolute atomic E-state index is 12.8. The molecule has 1 amide bonds. The number of nitrogens with one attached hydrogen (secondary N) is 2. The first kappa shape index (κ1) is 19.5. The minimum absolute atomic E-state index is 0.222. The second-order valence-corrected chi connectivity index (χ2v) is 6.76. The van der Waals surface area contributed by atoms with Crippen molar-refractivity contribution in [3.8, 4) is 0 Å². The summed E-state index contributed by atoms with van der Waals surface area (Å²) < 4.78 is 0. The lowest BCUT2D eigenvalue weighted by Crippen LogP contribution is -2.18. The second-order valence-electron chi connectivity index (χ2n) is 6.76. The molecule has 28 heavy (non-hydrogen) atoms. The Labute approximate surface area is 166 Å². The zero-order chi connectivity index (χ0) is 19.9. The largest absolute Gasteiger partial charge is 0.370 e. The van der Waals surface area contributed by atoms with Gasteiger partial charge in [-0.15, -0.1) is 0 Å². The van der Waals surface area contributed by atoms with Gasteiger partial charge in [0, 0.05) is 18.3 Å². The fraction of sp³-hybridized carbons (Fsp3) is 0.261. The molecule has 0 aliphatic rings. The quantitative estimate of drug-likeness (QED) is 0.636. The van der Waals surface area contributed by atoms with Gasteiger partial charge in [0.1, 0.15) is 17.3 Å². The fourth-order valence-electron chi connectivity index (χ4n) is 3.13. The Hall–Kier alpha value is -3.21. The monoisotopic (exact) mass is 374 g/mol. The number of hydrogen-bond donors (Lipinski definition) is 2. The maximum atomic E-state index is 12.8. The van der Waals surface area contributed by atoms with Gasteiger partial charge in [-0.1, -0.05) is 55.5 Å². The SMILES string of the molecule is CCc1cccc(C)c1NC(=O)c1cc(NCCc2ccccc2)nc(C)n1. The molecule has 0 saturated heterocycles. The topological polar surface area (TPSA) is 66.9 Å². The number of carbonyl (C=O) groups is 1. The number of nitrogens with zero attached hydrogens (tertiary/aromatic N) is 2. The van der Waals surface area contributed by atoms with E-state index >= 15 is 0 Å². The van der Waals surface area contributed by atoms with E-state index in [0.29, 0.717) is 17.3 Å². The predicted molar refractivity (Wildman–Crippen MR) is 114 cm³/mol. The van der Waals surface area contributed by atoms with Crippen LogP contribution < -0.4 is 10.6 Å². The molecule has 0 saturated carbocycles. The van der Waals surface area contributed by atoms with E-state index in [-0.39, 0.29) is 5.91 Å². The van der Waals surface area contributed by atoms with Gasteiger partial charge in [-0.05, 0) is 43.4 Å². The first-order valence-corrected chi connectivity index (χ1v) is 9.60. The molecule has 1 heterocycles. The lowest BCUT2D eigenvalue weighted by atomic mass is 10.1. The van der Waals surface area contributed by atoms with E-state index < -0.39 is 0 Å². The van der Waals surface area contributed by atoms with Crippen molar-refractivity contribution in [3.63, 3.8) is 0 Å². The summed E-state index contributed by atoms with van der Waals surface area (Å²) in [6, 6.07) is 18.0. The molecule has 2 aromatic carbocycles. The molecule has 144 valence electrons. The molecular weight excluding hydrogens is 348 g/mol. The molecule has 0 radical (unpaired) electrons. The van der Waals surface area contributed by atoms with E-state index in [1.807, 2.05) is 43.3 Å². The molecule has 0 aliphatic heterocycles. The highest BCUT2D eigenvalue weighted by Crippen LogP contribution is 2.22. The van der Waals surface area contributed by atoms with Crippen molar-refractivity contribution in [1.82, 2.24) is 9.97 Å². The third-order valence-corrected chi connectivity index (χ3v) is 4.61. The first-order valence-electron chi connectivity index (χ1n) is 9.60. The maximum Gasteiger partial charge on any atom is 0.274 e. The van der Waals surface area contributed by atoms with Crippen LogP contribution in [0.25, 0.3) is 0 Å². The highest BCUT2D eigenvalue weighted by atomic mass is 16.1. The van der Waals surface area contributed by atoms with Crippen LogP contribution in [0.1, 0.15) is 39.9 Å². The lowest BCUT2D eigenvalue weighted by molar-refractivity contribution is 0.102. The van der Waals surface area contributed by atoms with Crippen molar-refractivity contribution >= 4 is 17.4 Å². The van der Waals surface area contributed by atoms with Crippen LogP contribution in [0.4, 0.5) is 11.5 Å². The van der Waals surface area contributed by atoms with E-state index in [2.05, 4.69) is 39.7 Å². The lowest BCUT2D eigenvalue weighted by Gasteiger charge is -2.13. The molecule has 0 unspecified atom stereocenters. The Kier molecular flexibility index (Phi) is 6.37. The summed E-state index contributed by atoms with van der Waals surface area (Å²) in [5.74, 6) is 1.00. The van der Waals surface area contributed by atoms with Crippen LogP contribution in [0, 0.1) is 13.8 Å². The smallest absolute Gasteiger partial charge is 0.274 e. The van der Waals surface area contributed by atoms with Crippen molar-refractivity contribution in [1.29, 1.82) is 0 Å². The van der Waals surface area contributed by atoms with Gasteiger partial charge in [0.2, 0.25) is 0 Å². The standard InChI is InChI=1S/C23H26N4O/c1-4-19-12-8-9-16(2)22(19)27-23(28)20-15-21(26-17(3)25-20)24-14-13-18-10-6-5-7-11-18/h5-12,15H,4,13-14H2,1-3H3,(H,27,28)(H,24,25,26). The summed E-state index contributed by atoms with van der Waals surface area (Å²) in [4.78, 5) is 21.5. The number of anilines is 2. The van der Waals surface area contributed by atoms with Crippen LogP contribution in [-0.4, -0.2) is 22.4 Å². The van der Waals surface area contributed by atoms with E-state index in [0.717, 1.165) is 36.2 Å².